The summed E-state index contributed by atoms with van der Waals surface area (Å²) in [5.74, 6) is 1.84. The number of nitrogens with zero attached hydrogens (tertiary/aromatic N) is 1. The third-order valence-corrected chi connectivity index (χ3v) is 7.29. The number of methoxy groups -OCH3 is 1. The van der Waals surface area contributed by atoms with Crippen molar-refractivity contribution < 1.29 is 28.8 Å². The molecule has 0 spiro atoms. The Labute approximate surface area is 215 Å². The molecule has 190 valence electrons. The minimum Gasteiger partial charge on any atom is -0.490 e. The number of hydrogen-bond acceptors (Lipinski definition) is 7. The number of aliphatic hydroxyl groups excluding tert-OH is 1. The fourth-order valence-electron chi connectivity index (χ4n) is 4.65. The van der Waals surface area contributed by atoms with E-state index in [2.05, 4.69) is 39.0 Å². The van der Waals surface area contributed by atoms with E-state index in [1.165, 1.54) is 18.4 Å². The molecule has 0 radical (unpaired) electrons. The summed E-state index contributed by atoms with van der Waals surface area (Å²) in [6.07, 6.45) is 3.20. The number of halogens is 1. The molecule has 1 N–H and O–H groups in total. The third kappa shape index (κ3) is 7.27. The fraction of sp³-hybridized carbons (Fsp3) is 0.519. The van der Waals surface area contributed by atoms with E-state index in [4.69, 9.17) is 18.9 Å². The van der Waals surface area contributed by atoms with Crippen molar-refractivity contribution in [2.24, 2.45) is 5.92 Å². The Kier molecular flexibility index (Phi) is 9.57. The molecule has 2 heterocycles. The molecule has 2 aromatic rings. The Morgan fingerprint density at radius 2 is 1.91 bits per heavy atom. The lowest BCUT2D eigenvalue weighted by Gasteiger charge is -2.32. The minimum atomic E-state index is -1.06. The smallest absolute Gasteiger partial charge is 0.198 e. The van der Waals surface area contributed by atoms with Gasteiger partial charge in [-0.2, -0.15) is 0 Å². The van der Waals surface area contributed by atoms with Crippen molar-refractivity contribution in [1.29, 1.82) is 0 Å². The molecule has 2 aliphatic heterocycles. The molecule has 0 aromatic heterocycles. The quantitative estimate of drug-likeness (QED) is 0.338. The predicted molar refractivity (Wildman–Crippen MR) is 136 cm³/mol. The van der Waals surface area contributed by atoms with Crippen LogP contribution in [0.4, 0.5) is 0 Å². The molecule has 0 bridgehead atoms. The van der Waals surface area contributed by atoms with Gasteiger partial charge in [-0.3, -0.25) is 4.79 Å². The summed E-state index contributed by atoms with van der Waals surface area (Å²) >= 11 is 3.57. The van der Waals surface area contributed by atoms with Crippen LogP contribution in [-0.2, 0) is 22.3 Å². The Bertz CT molecular complexity index is 992. The van der Waals surface area contributed by atoms with Gasteiger partial charge in [0.25, 0.3) is 0 Å². The van der Waals surface area contributed by atoms with Gasteiger partial charge in [0.2, 0.25) is 0 Å². The summed E-state index contributed by atoms with van der Waals surface area (Å²) in [6.45, 7) is 4.40. The second-order valence-electron chi connectivity index (χ2n) is 9.19. The van der Waals surface area contributed by atoms with Crippen LogP contribution in [0, 0.1) is 5.92 Å². The monoisotopic (exact) mass is 547 g/mol. The van der Waals surface area contributed by atoms with E-state index in [1.807, 2.05) is 18.2 Å². The summed E-state index contributed by atoms with van der Waals surface area (Å²) < 4.78 is 22.5. The first-order valence-corrected chi connectivity index (χ1v) is 13.0. The number of piperidine rings is 1. The highest BCUT2D eigenvalue weighted by molar-refractivity contribution is 9.10. The molecule has 1 saturated heterocycles. The highest BCUT2D eigenvalue weighted by atomic mass is 79.9. The third-order valence-electron chi connectivity index (χ3n) is 6.64. The average Bonchev–Trinajstić information content (AvgIpc) is 2.87. The number of ketones is 1. The Balaban J connectivity index is 1.22. The van der Waals surface area contributed by atoms with E-state index in [1.54, 1.807) is 7.11 Å². The number of hydrogen-bond donors (Lipinski definition) is 1. The molecule has 0 amide bonds. The zero-order valence-electron chi connectivity index (χ0n) is 20.2. The molecular formula is C27H34BrNO6. The molecule has 7 nitrogen and oxygen atoms in total. The lowest BCUT2D eigenvalue weighted by Crippen LogP contribution is -2.36. The van der Waals surface area contributed by atoms with Crippen LogP contribution in [0.5, 0.6) is 11.5 Å². The van der Waals surface area contributed by atoms with Gasteiger partial charge >= 0.3 is 0 Å². The zero-order valence-corrected chi connectivity index (χ0v) is 21.8. The van der Waals surface area contributed by atoms with Crippen molar-refractivity contribution >= 4 is 21.7 Å². The molecular weight excluding hydrogens is 514 g/mol. The molecule has 35 heavy (non-hydrogen) atoms. The second-order valence-corrected chi connectivity index (χ2v) is 10.0. The van der Waals surface area contributed by atoms with Gasteiger partial charge in [-0.1, -0.05) is 12.1 Å². The molecule has 0 saturated carbocycles. The van der Waals surface area contributed by atoms with Crippen LogP contribution >= 0.6 is 15.9 Å². The number of ether oxygens (including phenoxy) is 4. The van der Waals surface area contributed by atoms with Crippen molar-refractivity contribution in [3.8, 4) is 11.5 Å². The van der Waals surface area contributed by atoms with Gasteiger partial charge < -0.3 is 29.0 Å². The van der Waals surface area contributed by atoms with Crippen LogP contribution in [0.25, 0.3) is 0 Å². The van der Waals surface area contributed by atoms with E-state index in [9.17, 15) is 9.90 Å². The van der Waals surface area contributed by atoms with E-state index in [0.717, 1.165) is 48.3 Å². The maximum atomic E-state index is 12.2. The van der Waals surface area contributed by atoms with E-state index < -0.39 is 6.10 Å². The molecule has 4 rings (SSSR count). The summed E-state index contributed by atoms with van der Waals surface area (Å²) in [5, 5.41) is 9.77. The Morgan fingerprint density at radius 3 is 2.71 bits per heavy atom. The van der Waals surface area contributed by atoms with Gasteiger partial charge in [0.15, 0.2) is 11.9 Å². The summed E-state index contributed by atoms with van der Waals surface area (Å²) in [5.41, 5.74) is 2.90. The average molecular weight is 548 g/mol. The maximum Gasteiger partial charge on any atom is 0.198 e. The summed E-state index contributed by atoms with van der Waals surface area (Å²) in [7, 11) is 1.60. The number of Topliss-reactive ketones (excluding diaryl/α,β-unsaturated/α-hetero) is 1. The largest absolute Gasteiger partial charge is 0.490 e. The summed E-state index contributed by atoms with van der Waals surface area (Å²) in [6, 6.07) is 12.1. The lowest BCUT2D eigenvalue weighted by atomic mass is 9.90. The van der Waals surface area contributed by atoms with Crippen molar-refractivity contribution in [3.05, 3.63) is 57.6 Å². The molecule has 2 aromatic carbocycles. The number of carbonyl (C=O) groups is 1. The maximum absolute atomic E-state index is 12.2. The normalized spacial score (nSPS) is 18.8. The number of fused-ring (bicyclic) bond motifs is 1. The van der Waals surface area contributed by atoms with Crippen molar-refractivity contribution in [1.82, 2.24) is 4.90 Å². The number of benzene rings is 2. The molecule has 2 aliphatic rings. The van der Waals surface area contributed by atoms with Gasteiger partial charge in [-0.25, -0.2) is 0 Å². The van der Waals surface area contributed by atoms with E-state index in [0.29, 0.717) is 30.4 Å². The lowest BCUT2D eigenvalue weighted by molar-refractivity contribution is -0.0388. The van der Waals surface area contributed by atoms with Crippen molar-refractivity contribution in [2.75, 3.05) is 53.4 Å². The number of aliphatic hydroxyl groups is 1. The topological polar surface area (TPSA) is 77.5 Å². The van der Waals surface area contributed by atoms with Gasteiger partial charge in [-0.05, 0) is 96.0 Å². The van der Waals surface area contributed by atoms with Gasteiger partial charge in [0.1, 0.15) is 31.5 Å². The molecule has 0 aliphatic carbocycles. The van der Waals surface area contributed by atoms with Crippen LogP contribution in [0.1, 0.15) is 34.3 Å². The highest BCUT2D eigenvalue weighted by Gasteiger charge is 2.27. The first-order chi connectivity index (χ1) is 17.0. The molecule has 8 heteroatoms. The first kappa shape index (κ1) is 26.1. The first-order valence-electron chi connectivity index (χ1n) is 12.2. The minimum absolute atomic E-state index is 0.0402. The second kappa shape index (κ2) is 12.8. The highest BCUT2D eigenvalue weighted by Crippen LogP contribution is 2.30. The van der Waals surface area contributed by atoms with Crippen LogP contribution in [-0.4, -0.2) is 75.3 Å². The SMILES string of the molecule is COCOCCOc1cc(CC2CCN(CCc3ccc4c(c3)C(=O)C(O)CO4)CC2)ccc1Br. The van der Waals surface area contributed by atoms with Crippen molar-refractivity contribution in [3.63, 3.8) is 0 Å². The summed E-state index contributed by atoms with van der Waals surface area (Å²) in [4.78, 5) is 14.7. The molecule has 1 unspecified atom stereocenters. The van der Waals surface area contributed by atoms with Gasteiger partial charge in [0.05, 0.1) is 16.6 Å². The van der Waals surface area contributed by atoms with Crippen LogP contribution < -0.4 is 9.47 Å². The Hall–Kier alpha value is -1.97. The molecule has 1 atom stereocenters. The van der Waals surface area contributed by atoms with E-state index >= 15 is 0 Å². The number of likely N-dealkylation sites (tertiary alicyclic amines) is 1. The van der Waals surface area contributed by atoms with Gasteiger partial charge in [0, 0.05) is 13.7 Å². The van der Waals surface area contributed by atoms with Gasteiger partial charge in [-0.15, -0.1) is 0 Å². The number of carbonyl (C=O) groups excluding carboxylic acids is 1. The molecule has 1 fully saturated rings. The predicted octanol–water partition coefficient (Wildman–Crippen LogP) is 3.88. The number of rotatable bonds is 11. The van der Waals surface area contributed by atoms with E-state index in [-0.39, 0.29) is 19.2 Å². The van der Waals surface area contributed by atoms with Crippen LogP contribution in [0.15, 0.2) is 40.9 Å². The fourth-order valence-corrected chi connectivity index (χ4v) is 5.01. The standard InChI is InChI=1S/C27H34BrNO6/c1-32-18-33-12-13-34-26-16-21(2-4-23(26)28)14-20-7-10-29(11-8-20)9-6-19-3-5-25-22(15-19)27(31)24(30)17-35-25/h2-5,15-16,20,24,30H,6-14,17-18H2,1H3. The van der Waals surface area contributed by atoms with Crippen molar-refractivity contribution in [2.45, 2.75) is 31.8 Å². The zero-order chi connectivity index (χ0) is 24.6. The Morgan fingerprint density at radius 1 is 1.11 bits per heavy atom. The van der Waals surface area contributed by atoms with Crippen LogP contribution in [0.3, 0.4) is 0 Å². The van der Waals surface area contributed by atoms with Crippen LogP contribution in [0.2, 0.25) is 0 Å².